The van der Waals surface area contributed by atoms with Crippen molar-refractivity contribution in [3.05, 3.63) is 12.7 Å². The molecule has 1 heterocycles. The van der Waals surface area contributed by atoms with Crippen molar-refractivity contribution in [2.45, 2.75) is 6.04 Å². The van der Waals surface area contributed by atoms with E-state index in [0.29, 0.717) is 6.04 Å². The van der Waals surface area contributed by atoms with Gasteiger partial charge in [0.2, 0.25) is 0 Å². The standard InChI is InChI=1S/C6H12N2/c1-2-3-8-4-6(7)5-8/h2,6H,1,3-5,7H2. The van der Waals surface area contributed by atoms with Crippen LogP contribution in [0.5, 0.6) is 0 Å². The van der Waals surface area contributed by atoms with Gasteiger partial charge in [0.1, 0.15) is 0 Å². The Labute approximate surface area is 50.0 Å². The van der Waals surface area contributed by atoms with E-state index in [1.165, 1.54) is 0 Å². The average molecular weight is 112 g/mol. The number of hydrogen-bond acceptors (Lipinski definition) is 2. The van der Waals surface area contributed by atoms with Crippen LogP contribution in [-0.4, -0.2) is 30.6 Å². The van der Waals surface area contributed by atoms with Gasteiger partial charge in [0.25, 0.3) is 0 Å². The fourth-order valence-electron chi connectivity index (χ4n) is 0.941. The van der Waals surface area contributed by atoms with Gasteiger partial charge >= 0.3 is 0 Å². The molecule has 1 aliphatic heterocycles. The van der Waals surface area contributed by atoms with Gasteiger partial charge in [0.05, 0.1) is 0 Å². The lowest BCUT2D eigenvalue weighted by Crippen LogP contribution is -2.55. The molecule has 1 saturated heterocycles. The first-order chi connectivity index (χ1) is 3.83. The molecule has 0 saturated carbocycles. The summed E-state index contributed by atoms with van der Waals surface area (Å²) in [5, 5.41) is 0. The van der Waals surface area contributed by atoms with Crippen LogP contribution in [0.4, 0.5) is 0 Å². The third kappa shape index (κ3) is 1.08. The molecular formula is C6H12N2. The molecule has 0 unspecified atom stereocenters. The van der Waals surface area contributed by atoms with Crippen molar-refractivity contribution >= 4 is 0 Å². The fourth-order valence-corrected chi connectivity index (χ4v) is 0.941. The molecule has 2 nitrogen and oxygen atoms in total. The minimum absolute atomic E-state index is 0.426. The Kier molecular flexibility index (Phi) is 1.65. The summed E-state index contributed by atoms with van der Waals surface area (Å²) in [6, 6.07) is 0.426. The van der Waals surface area contributed by atoms with Crippen molar-refractivity contribution in [2.24, 2.45) is 5.73 Å². The number of nitrogens with zero attached hydrogens (tertiary/aromatic N) is 1. The summed E-state index contributed by atoms with van der Waals surface area (Å²) in [5.41, 5.74) is 5.52. The minimum Gasteiger partial charge on any atom is -0.325 e. The van der Waals surface area contributed by atoms with E-state index in [1.807, 2.05) is 6.08 Å². The van der Waals surface area contributed by atoms with Gasteiger partial charge in [-0.05, 0) is 0 Å². The largest absolute Gasteiger partial charge is 0.325 e. The Hall–Kier alpha value is -0.340. The summed E-state index contributed by atoms with van der Waals surface area (Å²) in [4.78, 5) is 2.26. The fraction of sp³-hybridized carbons (Fsp3) is 0.667. The van der Waals surface area contributed by atoms with E-state index in [9.17, 15) is 0 Å². The van der Waals surface area contributed by atoms with Crippen molar-refractivity contribution in [1.82, 2.24) is 4.90 Å². The van der Waals surface area contributed by atoms with Gasteiger partial charge in [0, 0.05) is 25.7 Å². The van der Waals surface area contributed by atoms with Crippen molar-refractivity contribution < 1.29 is 0 Å². The van der Waals surface area contributed by atoms with Crippen LogP contribution in [-0.2, 0) is 0 Å². The molecule has 0 radical (unpaired) electrons. The maximum Gasteiger partial charge on any atom is 0.0297 e. The van der Waals surface area contributed by atoms with Gasteiger partial charge < -0.3 is 5.73 Å². The second-order valence-corrected chi connectivity index (χ2v) is 2.27. The Bertz CT molecular complexity index is 84.5. The second-order valence-electron chi connectivity index (χ2n) is 2.27. The minimum atomic E-state index is 0.426. The zero-order chi connectivity index (χ0) is 5.98. The molecule has 2 N–H and O–H groups in total. The summed E-state index contributed by atoms with van der Waals surface area (Å²) in [6.45, 7) is 6.71. The van der Waals surface area contributed by atoms with Crippen molar-refractivity contribution in [3.8, 4) is 0 Å². The highest BCUT2D eigenvalue weighted by Crippen LogP contribution is 2.02. The van der Waals surface area contributed by atoms with Gasteiger partial charge in [-0.3, -0.25) is 4.90 Å². The van der Waals surface area contributed by atoms with E-state index < -0.39 is 0 Å². The predicted molar refractivity (Wildman–Crippen MR) is 34.6 cm³/mol. The summed E-state index contributed by atoms with van der Waals surface area (Å²) in [7, 11) is 0. The van der Waals surface area contributed by atoms with Gasteiger partial charge in [-0.25, -0.2) is 0 Å². The second kappa shape index (κ2) is 2.29. The van der Waals surface area contributed by atoms with E-state index in [4.69, 9.17) is 5.73 Å². The molecule has 0 aromatic rings. The molecule has 1 aliphatic rings. The first kappa shape index (κ1) is 5.79. The van der Waals surface area contributed by atoms with Crippen LogP contribution in [0.25, 0.3) is 0 Å². The first-order valence-corrected chi connectivity index (χ1v) is 2.92. The Morgan fingerprint density at radius 3 is 2.75 bits per heavy atom. The van der Waals surface area contributed by atoms with Crippen LogP contribution in [0.1, 0.15) is 0 Å². The molecule has 1 rings (SSSR count). The van der Waals surface area contributed by atoms with E-state index in [1.54, 1.807) is 0 Å². The topological polar surface area (TPSA) is 29.3 Å². The monoisotopic (exact) mass is 112 g/mol. The highest BCUT2D eigenvalue weighted by molar-refractivity contribution is 4.86. The van der Waals surface area contributed by atoms with E-state index in [0.717, 1.165) is 19.6 Å². The van der Waals surface area contributed by atoms with Gasteiger partial charge in [-0.2, -0.15) is 0 Å². The molecule has 8 heavy (non-hydrogen) atoms. The van der Waals surface area contributed by atoms with Crippen LogP contribution in [0.2, 0.25) is 0 Å². The first-order valence-electron chi connectivity index (χ1n) is 2.92. The Morgan fingerprint density at radius 1 is 1.75 bits per heavy atom. The normalized spacial score (nSPS) is 22.6. The molecule has 0 atom stereocenters. The molecular weight excluding hydrogens is 100 g/mol. The van der Waals surface area contributed by atoms with Crippen LogP contribution >= 0.6 is 0 Å². The number of rotatable bonds is 2. The Balaban J connectivity index is 2.06. The van der Waals surface area contributed by atoms with Crippen molar-refractivity contribution in [1.29, 1.82) is 0 Å². The quantitative estimate of drug-likeness (QED) is 0.502. The lowest BCUT2D eigenvalue weighted by atomic mass is 10.1. The highest BCUT2D eigenvalue weighted by Gasteiger charge is 2.20. The van der Waals surface area contributed by atoms with E-state index in [-0.39, 0.29) is 0 Å². The maximum atomic E-state index is 5.52. The number of likely N-dealkylation sites (tertiary alicyclic amines) is 1. The summed E-state index contributed by atoms with van der Waals surface area (Å²) >= 11 is 0. The van der Waals surface area contributed by atoms with Crippen LogP contribution in [0.15, 0.2) is 12.7 Å². The summed E-state index contributed by atoms with van der Waals surface area (Å²) < 4.78 is 0. The third-order valence-corrected chi connectivity index (χ3v) is 1.37. The van der Waals surface area contributed by atoms with Crippen molar-refractivity contribution in [2.75, 3.05) is 19.6 Å². The van der Waals surface area contributed by atoms with Gasteiger partial charge in [-0.1, -0.05) is 6.08 Å². The van der Waals surface area contributed by atoms with Crippen LogP contribution in [0, 0.1) is 0 Å². The van der Waals surface area contributed by atoms with Crippen molar-refractivity contribution in [3.63, 3.8) is 0 Å². The molecule has 2 heteroatoms. The lowest BCUT2D eigenvalue weighted by molar-refractivity contribution is 0.170. The SMILES string of the molecule is C=CCN1CC(N)C1. The number of nitrogens with two attached hydrogens (primary N) is 1. The summed E-state index contributed by atoms with van der Waals surface area (Å²) in [5.74, 6) is 0. The predicted octanol–water partition coefficient (Wildman–Crippen LogP) is -0.185. The zero-order valence-corrected chi connectivity index (χ0v) is 5.01. The summed E-state index contributed by atoms with van der Waals surface area (Å²) in [6.07, 6.45) is 1.91. The van der Waals surface area contributed by atoms with Crippen LogP contribution in [0.3, 0.4) is 0 Å². The van der Waals surface area contributed by atoms with Gasteiger partial charge in [-0.15, -0.1) is 6.58 Å². The maximum absolute atomic E-state index is 5.52. The smallest absolute Gasteiger partial charge is 0.0297 e. The third-order valence-electron chi connectivity index (χ3n) is 1.37. The van der Waals surface area contributed by atoms with Gasteiger partial charge in [0.15, 0.2) is 0 Å². The Morgan fingerprint density at radius 2 is 2.38 bits per heavy atom. The molecule has 0 aromatic heterocycles. The molecule has 1 fully saturated rings. The highest BCUT2D eigenvalue weighted by atomic mass is 15.2. The molecule has 0 spiro atoms. The molecule has 0 aromatic carbocycles. The molecule has 0 bridgehead atoms. The zero-order valence-electron chi connectivity index (χ0n) is 5.01. The average Bonchev–Trinajstić information content (AvgIpc) is 1.64. The lowest BCUT2D eigenvalue weighted by Gasteiger charge is -2.35. The molecule has 0 aliphatic carbocycles. The molecule has 0 amide bonds. The van der Waals surface area contributed by atoms with E-state index in [2.05, 4.69) is 11.5 Å². The van der Waals surface area contributed by atoms with Crippen LogP contribution < -0.4 is 5.73 Å². The van der Waals surface area contributed by atoms with E-state index >= 15 is 0 Å². The molecule has 46 valence electrons. The number of hydrogen-bond donors (Lipinski definition) is 1.